The first-order valence-electron chi connectivity index (χ1n) is 7.02. The fourth-order valence-corrected chi connectivity index (χ4v) is 2.50. The van der Waals surface area contributed by atoms with Crippen LogP contribution in [0.15, 0.2) is 24.3 Å². The van der Waals surface area contributed by atoms with Crippen LogP contribution in [0.5, 0.6) is 5.75 Å². The molecule has 0 spiro atoms. The smallest absolute Gasteiger partial charge is 0.310 e. The Morgan fingerprint density at radius 3 is 2.50 bits per heavy atom. The van der Waals surface area contributed by atoms with Gasteiger partial charge in [-0.1, -0.05) is 26.0 Å². The van der Waals surface area contributed by atoms with Crippen LogP contribution >= 0.6 is 0 Å². The molecule has 0 heterocycles. The van der Waals surface area contributed by atoms with Gasteiger partial charge in [0.15, 0.2) is 0 Å². The van der Waals surface area contributed by atoms with Crippen LogP contribution in [0.25, 0.3) is 0 Å². The van der Waals surface area contributed by atoms with Crippen molar-refractivity contribution in [2.45, 2.75) is 33.2 Å². The van der Waals surface area contributed by atoms with Gasteiger partial charge >= 0.3 is 5.97 Å². The molecule has 1 aromatic rings. The summed E-state index contributed by atoms with van der Waals surface area (Å²) < 4.78 is 5.21. The van der Waals surface area contributed by atoms with Crippen molar-refractivity contribution >= 4 is 5.97 Å². The summed E-state index contributed by atoms with van der Waals surface area (Å²) in [5.41, 5.74) is 0.464. The number of hydrogen-bond acceptors (Lipinski definition) is 3. The van der Waals surface area contributed by atoms with E-state index in [1.54, 1.807) is 7.11 Å². The van der Waals surface area contributed by atoms with Gasteiger partial charge in [-0.3, -0.25) is 4.79 Å². The first-order chi connectivity index (χ1) is 9.47. The molecule has 1 aromatic carbocycles. The molecule has 0 fully saturated rings. The summed E-state index contributed by atoms with van der Waals surface area (Å²) in [6.07, 6.45) is 1.28. The average molecular weight is 279 g/mol. The highest BCUT2D eigenvalue weighted by molar-refractivity contribution is 5.74. The van der Waals surface area contributed by atoms with Gasteiger partial charge in [0.05, 0.1) is 12.5 Å². The minimum absolute atomic E-state index is 0.548. The molecule has 0 aromatic heterocycles. The Morgan fingerprint density at radius 1 is 1.35 bits per heavy atom. The van der Waals surface area contributed by atoms with Crippen molar-refractivity contribution < 1.29 is 14.6 Å². The summed E-state index contributed by atoms with van der Waals surface area (Å²) in [5, 5.41) is 9.47. The summed E-state index contributed by atoms with van der Waals surface area (Å²) in [4.78, 5) is 13.6. The van der Waals surface area contributed by atoms with Gasteiger partial charge in [-0.2, -0.15) is 0 Å². The normalized spacial score (nSPS) is 11.7. The maximum atomic E-state index is 11.5. The molecular formula is C16H25NO3. The third-order valence-electron chi connectivity index (χ3n) is 3.97. The number of aliphatic carboxylic acids is 1. The molecule has 20 heavy (non-hydrogen) atoms. The monoisotopic (exact) mass is 279 g/mol. The van der Waals surface area contributed by atoms with E-state index in [9.17, 15) is 9.90 Å². The first-order valence-corrected chi connectivity index (χ1v) is 7.02. The number of hydrogen-bond donors (Lipinski definition) is 1. The molecule has 0 aliphatic rings. The van der Waals surface area contributed by atoms with Crippen LogP contribution in [0.1, 0.15) is 32.3 Å². The van der Waals surface area contributed by atoms with Gasteiger partial charge < -0.3 is 14.7 Å². The number of carbonyl (C=O) groups is 1. The van der Waals surface area contributed by atoms with Gasteiger partial charge in [0, 0.05) is 13.1 Å². The van der Waals surface area contributed by atoms with Crippen LogP contribution in [0, 0.1) is 5.41 Å². The zero-order valence-electron chi connectivity index (χ0n) is 12.8. The largest absolute Gasteiger partial charge is 0.497 e. The summed E-state index contributed by atoms with van der Waals surface area (Å²) in [5.74, 6) is 0.117. The maximum absolute atomic E-state index is 11.5. The Hall–Kier alpha value is -1.55. The lowest BCUT2D eigenvalue weighted by Crippen LogP contribution is -2.40. The second kappa shape index (κ2) is 7.29. The van der Waals surface area contributed by atoms with Crippen LogP contribution in [0.4, 0.5) is 0 Å². The van der Waals surface area contributed by atoms with E-state index in [0.717, 1.165) is 11.3 Å². The molecule has 0 saturated heterocycles. The van der Waals surface area contributed by atoms with Crippen LogP contribution < -0.4 is 4.74 Å². The number of methoxy groups -OCH3 is 1. The SMILES string of the molecule is CCC(CC)(CN(C)Cc1cccc(OC)c1)C(=O)O. The Labute approximate surface area is 121 Å². The van der Waals surface area contributed by atoms with Gasteiger partial charge in [-0.15, -0.1) is 0 Å². The van der Waals surface area contributed by atoms with Crippen molar-refractivity contribution in [3.05, 3.63) is 29.8 Å². The number of benzene rings is 1. The number of rotatable bonds is 8. The highest BCUT2D eigenvalue weighted by Gasteiger charge is 2.35. The molecule has 4 heteroatoms. The summed E-state index contributed by atoms with van der Waals surface area (Å²) >= 11 is 0. The topological polar surface area (TPSA) is 49.8 Å². The van der Waals surface area contributed by atoms with Crippen molar-refractivity contribution in [2.24, 2.45) is 5.41 Å². The van der Waals surface area contributed by atoms with Gasteiger partial charge in [0.25, 0.3) is 0 Å². The minimum Gasteiger partial charge on any atom is -0.497 e. The Balaban J connectivity index is 2.75. The molecule has 0 aliphatic carbocycles. The van der Waals surface area contributed by atoms with Crippen molar-refractivity contribution in [3.63, 3.8) is 0 Å². The fraction of sp³-hybridized carbons (Fsp3) is 0.562. The quantitative estimate of drug-likeness (QED) is 0.794. The lowest BCUT2D eigenvalue weighted by molar-refractivity contribution is -0.150. The molecule has 0 unspecified atom stereocenters. The molecule has 0 radical (unpaired) electrons. The third-order valence-corrected chi connectivity index (χ3v) is 3.97. The second-order valence-electron chi connectivity index (χ2n) is 5.32. The van der Waals surface area contributed by atoms with Crippen molar-refractivity contribution in [3.8, 4) is 5.75 Å². The van der Waals surface area contributed by atoms with E-state index in [0.29, 0.717) is 25.9 Å². The van der Waals surface area contributed by atoms with Crippen molar-refractivity contribution in [1.29, 1.82) is 0 Å². The average Bonchev–Trinajstić information content (AvgIpc) is 2.44. The molecule has 1 N–H and O–H groups in total. The van der Waals surface area contributed by atoms with E-state index in [1.807, 2.05) is 45.2 Å². The Kier molecular flexibility index (Phi) is 6.02. The molecule has 0 saturated carbocycles. The second-order valence-corrected chi connectivity index (χ2v) is 5.32. The number of nitrogens with zero attached hydrogens (tertiary/aromatic N) is 1. The van der Waals surface area contributed by atoms with Crippen LogP contribution in [-0.4, -0.2) is 36.7 Å². The Morgan fingerprint density at radius 2 is 2.00 bits per heavy atom. The highest BCUT2D eigenvalue weighted by Crippen LogP contribution is 2.28. The van der Waals surface area contributed by atoms with Gasteiger partial charge in [-0.05, 0) is 37.6 Å². The van der Waals surface area contributed by atoms with E-state index in [-0.39, 0.29) is 0 Å². The molecule has 112 valence electrons. The molecule has 4 nitrogen and oxygen atoms in total. The van der Waals surface area contributed by atoms with Gasteiger partial charge in [-0.25, -0.2) is 0 Å². The predicted octanol–water partition coefficient (Wildman–Crippen LogP) is 3.02. The zero-order chi connectivity index (χ0) is 15.2. The van der Waals surface area contributed by atoms with Gasteiger partial charge in [0.1, 0.15) is 5.75 Å². The molecule has 0 amide bonds. The van der Waals surface area contributed by atoms with Crippen LogP contribution in [0.3, 0.4) is 0 Å². The van der Waals surface area contributed by atoms with E-state index < -0.39 is 11.4 Å². The number of ether oxygens (including phenoxy) is 1. The maximum Gasteiger partial charge on any atom is 0.310 e. The minimum atomic E-state index is -0.708. The number of carboxylic acid groups (broad SMARTS) is 1. The van der Waals surface area contributed by atoms with Crippen LogP contribution in [0.2, 0.25) is 0 Å². The zero-order valence-corrected chi connectivity index (χ0v) is 12.8. The molecule has 0 atom stereocenters. The lowest BCUT2D eigenvalue weighted by Gasteiger charge is -2.31. The van der Waals surface area contributed by atoms with E-state index in [1.165, 1.54) is 0 Å². The molecular weight excluding hydrogens is 254 g/mol. The predicted molar refractivity (Wildman–Crippen MR) is 80.0 cm³/mol. The van der Waals surface area contributed by atoms with Crippen molar-refractivity contribution in [2.75, 3.05) is 20.7 Å². The molecule has 0 bridgehead atoms. The lowest BCUT2D eigenvalue weighted by atomic mass is 9.82. The van der Waals surface area contributed by atoms with E-state index >= 15 is 0 Å². The summed E-state index contributed by atoms with van der Waals surface area (Å²) in [6, 6.07) is 7.87. The van der Waals surface area contributed by atoms with Crippen molar-refractivity contribution in [1.82, 2.24) is 4.90 Å². The Bertz CT molecular complexity index is 441. The van der Waals surface area contributed by atoms with E-state index in [4.69, 9.17) is 4.74 Å². The summed E-state index contributed by atoms with van der Waals surface area (Å²) in [6.45, 7) is 5.15. The van der Waals surface area contributed by atoms with Gasteiger partial charge in [0.2, 0.25) is 0 Å². The fourth-order valence-electron chi connectivity index (χ4n) is 2.50. The highest BCUT2D eigenvalue weighted by atomic mass is 16.5. The molecule has 0 aliphatic heterocycles. The standard InChI is InChI=1S/C16H25NO3/c1-5-16(6-2,15(18)19)12-17(3)11-13-8-7-9-14(10-13)20-4/h7-10H,5-6,11-12H2,1-4H3,(H,18,19). The third kappa shape index (κ3) is 3.97. The first kappa shape index (κ1) is 16.5. The number of carboxylic acids is 1. The molecule has 1 rings (SSSR count). The summed E-state index contributed by atoms with van der Waals surface area (Å²) in [7, 11) is 3.61. The van der Waals surface area contributed by atoms with Crippen LogP contribution in [-0.2, 0) is 11.3 Å². The van der Waals surface area contributed by atoms with E-state index in [2.05, 4.69) is 4.90 Å².